The fraction of sp³-hybridized carbons (Fsp3) is 0.714. The van der Waals surface area contributed by atoms with E-state index in [1.54, 1.807) is 0 Å². The molecule has 0 aromatic carbocycles. The molecule has 0 spiro atoms. The summed E-state index contributed by atoms with van der Waals surface area (Å²) in [6.07, 6.45) is 1.37. The minimum Gasteiger partial charge on any atom is -0.212 e. The second kappa shape index (κ2) is 3.65. The Hall–Kier alpha value is -0.330. The third kappa shape index (κ3) is 2.10. The monoisotopic (exact) mass is 116 g/mol. The van der Waals surface area contributed by atoms with Crippen molar-refractivity contribution in [3.05, 3.63) is 11.4 Å². The van der Waals surface area contributed by atoms with E-state index in [0.717, 1.165) is 12.0 Å². The van der Waals surface area contributed by atoms with Crippen molar-refractivity contribution < 1.29 is 4.39 Å². The van der Waals surface area contributed by atoms with E-state index in [9.17, 15) is 4.39 Å². The first-order valence-corrected chi connectivity index (χ1v) is 3.06. The Kier molecular flexibility index (Phi) is 3.49. The summed E-state index contributed by atoms with van der Waals surface area (Å²) in [5.41, 5.74) is 0.882. The summed E-state index contributed by atoms with van der Waals surface area (Å²) in [6.45, 7) is 5.62. The molecule has 1 heteroatoms. The zero-order valence-electron chi connectivity index (χ0n) is 5.79. The quantitative estimate of drug-likeness (QED) is 0.520. The van der Waals surface area contributed by atoms with E-state index in [1.165, 1.54) is 0 Å². The lowest BCUT2D eigenvalue weighted by molar-refractivity contribution is 0.586. The highest BCUT2D eigenvalue weighted by Crippen LogP contribution is 2.11. The lowest BCUT2D eigenvalue weighted by atomic mass is 10.2. The van der Waals surface area contributed by atoms with Gasteiger partial charge in [-0.05, 0) is 25.3 Å². The van der Waals surface area contributed by atoms with Gasteiger partial charge in [0, 0.05) is 0 Å². The van der Waals surface area contributed by atoms with Gasteiger partial charge in [-0.1, -0.05) is 13.8 Å². The third-order valence-corrected chi connectivity index (χ3v) is 1.30. The summed E-state index contributed by atoms with van der Waals surface area (Å²) < 4.78 is 12.4. The predicted octanol–water partition coefficient (Wildman–Crippen LogP) is 3.05. The second-order valence-electron chi connectivity index (χ2n) is 1.89. The molecular formula is C7H13F. The smallest absolute Gasteiger partial charge is 0.0985 e. The van der Waals surface area contributed by atoms with E-state index in [4.69, 9.17) is 0 Å². The summed E-state index contributed by atoms with van der Waals surface area (Å²) >= 11 is 0. The number of allylic oxidation sites excluding steroid dienone is 2. The van der Waals surface area contributed by atoms with Crippen LogP contribution in [0.5, 0.6) is 0 Å². The van der Waals surface area contributed by atoms with Crippen LogP contribution in [0, 0.1) is 0 Å². The zero-order valence-corrected chi connectivity index (χ0v) is 5.79. The van der Waals surface area contributed by atoms with Crippen LogP contribution in [0.3, 0.4) is 0 Å². The first-order chi connectivity index (χ1) is 3.72. The molecule has 0 aromatic heterocycles. The van der Waals surface area contributed by atoms with Gasteiger partial charge in [-0.25, -0.2) is 4.39 Å². The van der Waals surface area contributed by atoms with Gasteiger partial charge in [0.1, 0.15) is 0 Å². The maximum Gasteiger partial charge on any atom is 0.0985 e. The Morgan fingerprint density at radius 2 is 1.75 bits per heavy atom. The van der Waals surface area contributed by atoms with E-state index < -0.39 is 0 Å². The van der Waals surface area contributed by atoms with E-state index >= 15 is 0 Å². The average Bonchev–Trinajstić information content (AvgIpc) is 1.84. The molecule has 0 atom stereocenters. The molecule has 0 unspecified atom stereocenters. The van der Waals surface area contributed by atoms with Gasteiger partial charge in [-0.3, -0.25) is 0 Å². The number of hydrogen-bond acceptors (Lipinski definition) is 0. The molecule has 0 amide bonds. The summed E-state index contributed by atoms with van der Waals surface area (Å²) in [7, 11) is 0. The second-order valence-corrected chi connectivity index (χ2v) is 1.89. The fourth-order valence-corrected chi connectivity index (χ4v) is 0.494. The molecule has 0 aliphatic carbocycles. The fourth-order valence-electron chi connectivity index (χ4n) is 0.494. The van der Waals surface area contributed by atoms with Gasteiger partial charge in [0.25, 0.3) is 0 Å². The van der Waals surface area contributed by atoms with Crippen LogP contribution >= 0.6 is 0 Å². The molecule has 0 saturated carbocycles. The maximum absolute atomic E-state index is 12.4. The first-order valence-electron chi connectivity index (χ1n) is 3.06. The molecule has 0 fully saturated rings. The van der Waals surface area contributed by atoms with Crippen LogP contribution in [-0.2, 0) is 0 Å². The number of rotatable bonds is 2. The minimum absolute atomic E-state index is 0.0486. The van der Waals surface area contributed by atoms with Crippen molar-refractivity contribution in [3.63, 3.8) is 0 Å². The van der Waals surface area contributed by atoms with Crippen molar-refractivity contribution in [1.29, 1.82) is 0 Å². The molecule has 0 bridgehead atoms. The molecule has 0 nitrogen and oxygen atoms in total. The van der Waals surface area contributed by atoms with Crippen molar-refractivity contribution in [2.24, 2.45) is 0 Å². The molecule has 0 radical (unpaired) electrons. The molecule has 0 aromatic rings. The molecule has 0 N–H and O–H groups in total. The highest BCUT2D eigenvalue weighted by atomic mass is 19.1. The molecule has 0 rings (SSSR count). The molecule has 48 valence electrons. The SMILES string of the molecule is CC/C(C)=C(/F)CC. The lowest BCUT2D eigenvalue weighted by Gasteiger charge is -1.95. The van der Waals surface area contributed by atoms with Gasteiger partial charge < -0.3 is 0 Å². The van der Waals surface area contributed by atoms with Crippen molar-refractivity contribution in [3.8, 4) is 0 Å². The summed E-state index contributed by atoms with van der Waals surface area (Å²) in [5, 5.41) is 0. The Labute approximate surface area is 50.4 Å². The predicted molar refractivity (Wildman–Crippen MR) is 34.4 cm³/mol. The van der Waals surface area contributed by atoms with Crippen molar-refractivity contribution in [2.75, 3.05) is 0 Å². The zero-order chi connectivity index (χ0) is 6.57. The van der Waals surface area contributed by atoms with Crippen molar-refractivity contribution in [1.82, 2.24) is 0 Å². The molecular weight excluding hydrogens is 103 g/mol. The van der Waals surface area contributed by atoms with Gasteiger partial charge in [0.2, 0.25) is 0 Å². The molecule has 0 heterocycles. The topological polar surface area (TPSA) is 0 Å². The van der Waals surface area contributed by atoms with Gasteiger partial charge in [0.05, 0.1) is 5.83 Å². The van der Waals surface area contributed by atoms with E-state index in [2.05, 4.69) is 0 Å². The van der Waals surface area contributed by atoms with E-state index in [1.807, 2.05) is 20.8 Å². The van der Waals surface area contributed by atoms with Crippen LogP contribution in [0.2, 0.25) is 0 Å². The Morgan fingerprint density at radius 1 is 1.25 bits per heavy atom. The summed E-state index contributed by atoms with van der Waals surface area (Å²) in [4.78, 5) is 0. The normalized spacial score (nSPS) is 13.5. The Balaban J connectivity index is 3.83. The number of hydrogen-bond donors (Lipinski definition) is 0. The Bertz CT molecular complexity index is 80.6. The highest BCUT2D eigenvalue weighted by Gasteiger charge is 1.93. The molecule has 0 aliphatic rings. The largest absolute Gasteiger partial charge is 0.212 e. The van der Waals surface area contributed by atoms with Gasteiger partial charge in [-0.2, -0.15) is 0 Å². The van der Waals surface area contributed by atoms with Crippen LogP contribution in [0.25, 0.3) is 0 Å². The van der Waals surface area contributed by atoms with Crippen LogP contribution in [0.1, 0.15) is 33.6 Å². The standard InChI is InChI=1S/C7H13F/c1-4-6(3)7(8)5-2/h4-5H2,1-3H3/b7-6+. The van der Waals surface area contributed by atoms with Gasteiger partial charge >= 0.3 is 0 Å². The van der Waals surface area contributed by atoms with Gasteiger partial charge in [0.15, 0.2) is 0 Å². The van der Waals surface area contributed by atoms with Crippen LogP contribution < -0.4 is 0 Å². The van der Waals surface area contributed by atoms with Crippen molar-refractivity contribution >= 4 is 0 Å². The molecule has 0 aliphatic heterocycles. The molecule has 8 heavy (non-hydrogen) atoms. The highest BCUT2D eigenvalue weighted by molar-refractivity contribution is 5.02. The van der Waals surface area contributed by atoms with E-state index in [-0.39, 0.29) is 5.83 Å². The Morgan fingerprint density at radius 3 is 1.88 bits per heavy atom. The lowest BCUT2D eigenvalue weighted by Crippen LogP contribution is -1.76. The van der Waals surface area contributed by atoms with Crippen LogP contribution in [0.15, 0.2) is 11.4 Å². The third-order valence-electron chi connectivity index (χ3n) is 1.30. The van der Waals surface area contributed by atoms with E-state index in [0.29, 0.717) is 6.42 Å². The summed E-state index contributed by atoms with van der Waals surface area (Å²) in [6, 6.07) is 0. The van der Waals surface area contributed by atoms with Gasteiger partial charge in [-0.15, -0.1) is 0 Å². The maximum atomic E-state index is 12.4. The van der Waals surface area contributed by atoms with Crippen LogP contribution in [0.4, 0.5) is 4.39 Å². The van der Waals surface area contributed by atoms with Crippen LogP contribution in [-0.4, -0.2) is 0 Å². The molecule has 0 saturated heterocycles. The average molecular weight is 116 g/mol. The van der Waals surface area contributed by atoms with Crippen molar-refractivity contribution in [2.45, 2.75) is 33.6 Å². The number of halogens is 1. The minimum atomic E-state index is 0.0486. The first kappa shape index (κ1) is 7.67. The summed E-state index contributed by atoms with van der Waals surface area (Å²) in [5.74, 6) is 0.0486.